The molecular formula is C24H28F7N5O2S. The average molecular weight is 584 g/mol. The van der Waals surface area contributed by atoms with Gasteiger partial charge in [0.25, 0.3) is 18.3 Å². The van der Waals surface area contributed by atoms with Crippen molar-refractivity contribution in [1.29, 1.82) is 0 Å². The molecule has 216 valence electrons. The largest absolute Gasteiger partial charge is 0.405 e. The van der Waals surface area contributed by atoms with Gasteiger partial charge >= 0.3 is 6.18 Å². The van der Waals surface area contributed by atoms with Gasteiger partial charge in [-0.25, -0.2) is 27.5 Å². The second kappa shape index (κ2) is 12.5. The lowest BCUT2D eigenvalue weighted by molar-refractivity contribution is -0.119. The lowest BCUT2D eigenvalue weighted by Gasteiger charge is -2.12. The first-order valence-electron chi connectivity index (χ1n) is 12.2. The van der Waals surface area contributed by atoms with E-state index in [9.17, 15) is 40.3 Å². The predicted octanol–water partition coefficient (Wildman–Crippen LogP) is 5.97. The van der Waals surface area contributed by atoms with E-state index in [1.165, 1.54) is 0 Å². The van der Waals surface area contributed by atoms with E-state index in [4.69, 9.17) is 0 Å². The van der Waals surface area contributed by atoms with Gasteiger partial charge in [-0.15, -0.1) is 11.3 Å². The average Bonchev–Trinajstić information content (AvgIpc) is 3.56. The van der Waals surface area contributed by atoms with Crippen LogP contribution in [0.2, 0.25) is 0 Å². The maximum atomic E-state index is 13.6. The van der Waals surface area contributed by atoms with Crippen LogP contribution in [0.15, 0.2) is 12.3 Å². The number of pyridine rings is 1. The summed E-state index contributed by atoms with van der Waals surface area (Å²) in [5.41, 5.74) is -0.0436. The zero-order valence-corrected chi connectivity index (χ0v) is 21.9. The molecule has 2 N–H and O–H groups in total. The van der Waals surface area contributed by atoms with E-state index in [0.717, 1.165) is 54.2 Å². The SMILES string of the molecule is CC1CC(F)(F)CN1C=O.Cc1nc(C(=O)NC2CCCC2)sc1-c1cnc(NCC(F)(F)F)cc1C(F)F. The fraction of sp³-hybridized carbons (Fsp3) is 0.583. The van der Waals surface area contributed by atoms with E-state index in [1.54, 1.807) is 13.8 Å². The van der Waals surface area contributed by atoms with Crippen molar-refractivity contribution < 1.29 is 40.3 Å². The van der Waals surface area contributed by atoms with Crippen LogP contribution in [0.4, 0.5) is 36.6 Å². The van der Waals surface area contributed by atoms with Crippen molar-refractivity contribution in [3.63, 3.8) is 0 Å². The van der Waals surface area contributed by atoms with Crippen molar-refractivity contribution in [2.24, 2.45) is 0 Å². The molecule has 4 rings (SSSR count). The number of thiazole rings is 1. The number of nitrogens with one attached hydrogen (secondary N) is 2. The zero-order valence-electron chi connectivity index (χ0n) is 21.1. The normalized spacial score (nSPS) is 19.1. The van der Waals surface area contributed by atoms with Gasteiger partial charge < -0.3 is 15.5 Å². The standard InChI is InChI=1S/C18H19F5N4OS.C6H9F2NO/c1-9-14(29-17(26-9)16(28)27-10-4-2-3-5-10)12-7-24-13(6-11(12)15(19)20)25-8-18(21,22)23;1-5-2-6(7,8)3-9(5)4-10/h6-7,10,15H,2-5,8H2,1H3,(H,24,25)(H,27,28);4-5H,2-3H2,1H3. The maximum Gasteiger partial charge on any atom is 0.405 e. The highest BCUT2D eigenvalue weighted by Crippen LogP contribution is 2.37. The Labute approximate surface area is 224 Å². The molecular weight excluding hydrogens is 555 g/mol. The van der Waals surface area contributed by atoms with Gasteiger partial charge in [0.05, 0.1) is 17.1 Å². The first-order valence-corrected chi connectivity index (χ1v) is 13.0. The lowest BCUT2D eigenvalue weighted by Crippen LogP contribution is -2.32. The number of alkyl halides is 7. The zero-order chi connectivity index (χ0) is 29.0. The minimum atomic E-state index is -4.50. The number of aryl methyl sites for hydroxylation is 1. The molecule has 2 aromatic rings. The number of carbonyl (C=O) groups is 2. The van der Waals surface area contributed by atoms with Crippen molar-refractivity contribution in [3.05, 3.63) is 28.5 Å². The van der Waals surface area contributed by atoms with Crippen molar-refractivity contribution in [2.75, 3.05) is 18.4 Å². The molecule has 1 atom stereocenters. The number of anilines is 1. The Bertz CT molecular complexity index is 1150. The van der Waals surface area contributed by atoms with Gasteiger partial charge in [0, 0.05) is 35.8 Å². The van der Waals surface area contributed by atoms with E-state index in [0.29, 0.717) is 17.0 Å². The molecule has 1 unspecified atom stereocenters. The van der Waals surface area contributed by atoms with Crippen LogP contribution in [0, 0.1) is 6.92 Å². The number of halogens is 7. The van der Waals surface area contributed by atoms with Crippen molar-refractivity contribution >= 4 is 29.5 Å². The summed E-state index contributed by atoms with van der Waals surface area (Å²) in [6.07, 6.45) is -2.19. The molecule has 1 saturated heterocycles. The number of aromatic nitrogens is 2. The molecule has 1 aliphatic heterocycles. The molecule has 7 nitrogen and oxygen atoms in total. The van der Waals surface area contributed by atoms with Crippen molar-refractivity contribution in [1.82, 2.24) is 20.2 Å². The lowest BCUT2D eigenvalue weighted by atomic mass is 10.1. The first kappa shape index (κ1) is 30.6. The third-order valence-electron chi connectivity index (χ3n) is 6.28. The third-order valence-corrected chi connectivity index (χ3v) is 7.47. The second-order valence-electron chi connectivity index (χ2n) is 9.50. The van der Waals surface area contributed by atoms with E-state index in [-0.39, 0.29) is 40.8 Å². The molecule has 2 amide bonds. The summed E-state index contributed by atoms with van der Waals surface area (Å²) in [7, 11) is 0. The minimum Gasteiger partial charge on any atom is -0.361 e. The molecule has 3 heterocycles. The highest BCUT2D eigenvalue weighted by atomic mass is 32.1. The Morgan fingerprint density at radius 1 is 1.28 bits per heavy atom. The molecule has 0 spiro atoms. The van der Waals surface area contributed by atoms with Crippen molar-refractivity contribution in [3.8, 4) is 10.4 Å². The van der Waals surface area contributed by atoms with Gasteiger partial charge in [-0.2, -0.15) is 13.2 Å². The number of hydrogen-bond acceptors (Lipinski definition) is 6. The number of amides is 2. The molecule has 2 aromatic heterocycles. The van der Waals surface area contributed by atoms with E-state index >= 15 is 0 Å². The Morgan fingerprint density at radius 2 is 1.95 bits per heavy atom. The predicted molar refractivity (Wildman–Crippen MR) is 131 cm³/mol. The van der Waals surface area contributed by atoms with Crippen LogP contribution < -0.4 is 10.6 Å². The number of carbonyl (C=O) groups excluding carboxylic acids is 2. The van der Waals surface area contributed by atoms with E-state index < -0.39 is 37.2 Å². The third kappa shape index (κ3) is 8.51. The summed E-state index contributed by atoms with van der Waals surface area (Å²) in [5, 5.41) is 5.04. The smallest absolute Gasteiger partial charge is 0.361 e. The van der Waals surface area contributed by atoms with Crippen LogP contribution in [-0.2, 0) is 4.79 Å². The maximum absolute atomic E-state index is 13.6. The quantitative estimate of drug-likeness (QED) is 0.310. The fourth-order valence-electron chi connectivity index (χ4n) is 4.37. The Morgan fingerprint density at radius 3 is 2.46 bits per heavy atom. The van der Waals surface area contributed by atoms with E-state index in [1.807, 2.05) is 5.32 Å². The van der Waals surface area contributed by atoms with Crippen LogP contribution in [0.5, 0.6) is 0 Å². The van der Waals surface area contributed by atoms with Crippen LogP contribution in [0.3, 0.4) is 0 Å². The molecule has 2 fully saturated rings. The number of nitrogens with zero attached hydrogens (tertiary/aromatic N) is 3. The number of likely N-dealkylation sites (tertiary alicyclic amines) is 1. The monoisotopic (exact) mass is 583 g/mol. The molecule has 15 heteroatoms. The summed E-state index contributed by atoms with van der Waals surface area (Å²) in [6, 6.07) is 0.670. The molecule has 0 aromatic carbocycles. The summed E-state index contributed by atoms with van der Waals surface area (Å²) in [6.45, 7) is 1.41. The molecule has 2 aliphatic rings. The summed E-state index contributed by atoms with van der Waals surface area (Å²) in [4.78, 5) is 32.0. The van der Waals surface area contributed by atoms with Gasteiger partial charge in [-0.3, -0.25) is 9.59 Å². The van der Waals surface area contributed by atoms with Crippen LogP contribution in [0.1, 0.15) is 66.5 Å². The molecule has 0 bridgehead atoms. The van der Waals surface area contributed by atoms with E-state index in [2.05, 4.69) is 15.3 Å². The minimum absolute atomic E-state index is 0.0486. The van der Waals surface area contributed by atoms with Gasteiger partial charge in [0.2, 0.25) is 6.41 Å². The summed E-state index contributed by atoms with van der Waals surface area (Å²) < 4.78 is 89.0. The Kier molecular flexibility index (Phi) is 9.78. The Balaban J connectivity index is 0.000000353. The Hall–Kier alpha value is -2.97. The van der Waals surface area contributed by atoms with Crippen LogP contribution in [-0.4, -0.2) is 64.5 Å². The highest BCUT2D eigenvalue weighted by molar-refractivity contribution is 7.17. The van der Waals surface area contributed by atoms with Crippen LogP contribution in [0.25, 0.3) is 10.4 Å². The first-order chi connectivity index (χ1) is 18.2. The second-order valence-corrected chi connectivity index (χ2v) is 10.5. The fourth-order valence-corrected chi connectivity index (χ4v) is 5.37. The molecule has 1 aliphatic carbocycles. The summed E-state index contributed by atoms with van der Waals surface area (Å²) in [5.74, 6) is -3.32. The topological polar surface area (TPSA) is 87.2 Å². The van der Waals surface area contributed by atoms with Gasteiger partial charge in [-0.1, -0.05) is 12.8 Å². The summed E-state index contributed by atoms with van der Waals surface area (Å²) >= 11 is 0.962. The number of rotatable bonds is 7. The van der Waals surface area contributed by atoms with Gasteiger partial charge in [0.1, 0.15) is 12.4 Å². The highest BCUT2D eigenvalue weighted by Gasteiger charge is 2.42. The van der Waals surface area contributed by atoms with Crippen LogP contribution >= 0.6 is 11.3 Å². The molecule has 1 saturated carbocycles. The van der Waals surface area contributed by atoms with Gasteiger partial charge in [0.15, 0.2) is 5.01 Å². The molecule has 39 heavy (non-hydrogen) atoms. The molecule has 0 radical (unpaired) electrons. The number of hydrogen-bond donors (Lipinski definition) is 2. The van der Waals surface area contributed by atoms with Crippen molar-refractivity contribution in [2.45, 2.75) is 76.6 Å². The van der Waals surface area contributed by atoms with Gasteiger partial charge in [-0.05, 0) is 32.8 Å².